The second-order valence-corrected chi connectivity index (χ2v) is 12.0. The Hall–Kier alpha value is -5.10. The van der Waals surface area contributed by atoms with Gasteiger partial charge in [0.15, 0.2) is 12.3 Å². The maximum Gasteiger partial charge on any atom is 0.278 e. The number of nitrogens with zero attached hydrogens (tertiary/aromatic N) is 8. The molecule has 1 fully saturated rings. The van der Waals surface area contributed by atoms with Gasteiger partial charge in [-0.3, -0.25) is 9.59 Å². The molecule has 0 atom stereocenters. The maximum atomic E-state index is 13.7. The van der Waals surface area contributed by atoms with Crippen LogP contribution in [0.15, 0.2) is 65.7 Å². The quantitative estimate of drug-likeness (QED) is 0.311. The average molecular weight is 606 g/mol. The van der Waals surface area contributed by atoms with Crippen LogP contribution in [-0.4, -0.2) is 81.1 Å². The first-order chi connectivity index (χ1) is 21.9. The van der Waals surface area contributed by atoms with Gasteiger partial charge in [0, 0.05) is 68.9 Å². The summed E-state index contributed by atoms with van der Waals surface area (Å²) in [7, 11) is 4.21. The number of allylic oxidation sites excluding steroid dienone is 2. The fraction of sp³-hybridized carbons (Fsp3) is 0.333. The van der Waals surface area contributed by atoms with Crippen molar-refractivity contribution in [1.82, 2.24) is 28.8 Å². The van der Waals surface area contributed by atoms with Gasteiger partial charge in [0.2, 0.25) is 5.95 Å². The van der Waals surface area contributed by atoms with Gasteiger partial charge in [-0.1, -0.05) is 12.2 Å². The Kier molecular flexibility index (Phi) is 6.59. The zero-order valence-electron chi connectivity index (χ0n) is 25.4. The largest absolute Gasteiger partial charge is 0.482 e. The molecule has 230 valence electrons. The number of benzene rings is 2. The van der Waals surface area contributed by atoms with E-state index in [9.17, 15) is 9.59 Å². The lowest BCUT2D eigenvalue weighted by Gasteiger charge is -2.34. The van der Waals surface area contributed by atoms with Crippen LogP contribution in [-0.2, 0) is 18.4 Å². The highest BCUT2D eigenvalue weighted by molar-refractivity contribution is 5.98. The van der Waals surface area contributed by atoms with Crippen molar-refractivity contribution in [2.75, 3.05) is 61.5 Å². The third-order valence-electron chi connectivity index (χ3n) is 9.08. The molecule has 12 nitrogen and oxygen atoms in total. The Morgan fingerprint density at radius 2 is 1.78 bits per heavy atom. The van der Waals surface area contributed by atoms with Crippen LogP contribution in [0.2, 0.25) is 0 Å². The zero-order valence-corrected chi connectivity index (χ0v) is 25.4. The van der Waals surface area contributed by atoms with Crippen LogP contribution in [0.3, 0.4) is 0 Å². The second kappa shape index (κ2) is 10.8. The molecule has 8 rings (SSSR count). The molecular weight excluding hydrogens is 570 g/mol. The van der Waals surface area contributed by atoms with Crippen molar-refractivity contribution in [2.45, 2.75) is 19.4 Å². The number of carbonyl (C=O) groups excluding carboxylic acids is 1. The molecule has 12 heteroatoms. The van der Waals surface area contributed by atoms with E-state index in [-0.39, 0.29) is 18.1 Å². The average Bonchev–Trinajstić information content (AvgIpc) is 3.55. The first-order valence-corrected chi connectivity index (χ1v) is 15.5. The number of anilines is 4. The lowest BCUT2D eigenvalue weighted by molar-refractivity contribution is -0.121. The first kappa shape index (κ1) is 27.4. The summed E-state index contributed by atoms with van der Waals surface area (Å²) in [5, 5.41) is 5.07. The summed E-state index contributed by atoms with van der Waals surface area (Å²) in [6.45, 7) is 4.93. The van der Waals surface area contributed by atoms with Gasteiger partial charge >= 0.3 is 0 Å². The van der Waals surface area contributed by atoms with Crippen LogP contribution in [0.5, 0.6) is 5.75 Å². The molecule has 2 aromatic carbocycles. The SMILES string of the molecule is CN1CCN(c2cc(Nc3ncc4c(=O)n5n(c4n3)-c3ccc4c(c3)N(CCCC=CC5)C(=O)CO4)cc3c2ccn3C)CC1. The molecule has 3 aliphatic heterocycles. The van der Waals surface area contributed by atoms with Crippen LogP contribution in [0, 0.1) is 0 Å². The number of nitrogens with one attached hydrogen (secondary N) is 1. The molecule has 0 aliphatic carbocycles. The molecule has 0 unspecified atom stereocenters. The van der Waals surface area contributed by atoms with Gasteiger partial charge in [-0.15, -0.1) is 0 Å². The number of aromatic nitrogens is 5. The highest BCUT2D eigenvalue weighted by Gasteiger charge is 2.27. The third kappa shape index (κ3) is 4.72. The standard InChI is InChI=1S/C33H35N9O3/c1-37-13-15-39(16-14-37)27-18-22(17-26-24(27)9-12-38(26)2)35-33-34-20-25-31(36-33)42-23-7-8-29-28(19-23)40(30(43)21-45-29)10-5-3-4-6-11-41(42)32(25)44/h4,6-9,12,17-20H,3,5,10-11,13-16,21H2,1-2H3,(H,34,35,36). The van der Waals surface area contributed by atoms with Crippen molar-refractivity contribution in [3.8, 4) is 11.4 Å². The van der Waals surface area contributed by atoms with Crippen molar-refractivity contribution >= 4 is 50.9 Å². The molecule has 1 amide bonds. The summed E-state index contributed by atoms with van der Waals surface area (Å²) < 4.78 is 11.4. The number of hydrogen-bond donors (Lipinski definition) is 1. The van der Waals surface area contributed by atoms with Crippen LogP contribution < -0.4 is 25.4 Å². The lowest BCUT2D eigenvalue weighted by Crippen LogP contribution is -2.44. The number of hydrogen-bond acceptors (Lipinski definition) is 8. The number of rotatable bonds is 3. The normalized spacial score (nSPS) is 17.2. The molecule has 0 saturated carbocycles. The van der Waals surface area contributed by atoms with E-state index in [1.165, 1.54) is 11.1 Å². The van der Waals surface area contributed by atoms with E-state index in [2.05, 4.69) is 69.2 Å². The molecular formula is C33H35N9O3. The number of piperazine rings is 1. The second-order valence-electron chi connectivity index (χ2n) is 12.0. The van der Waals surface area contributed by atoms with Gasteiger partial charge in [0.05, 0.1) is 23.4 Å². The molecule has 0 spiro atoms. The Balaban J connectivity index is 1.24. The molecule has 1 N–H and O–H groups in total. The fourth-order valence-electron chi connectivity index (χ4n) is 6.61. The van der Waals surface area contributed by atoms with Gasteiger partial charge in [-0.25, -0.2) is 14.3 Å². The van der Waals surface area contributed by atoms with Crippen LogP contribution in [0.25, 0.3) is 27.6 Å². The fourth-order valence-corrected chi connectivity index (χ4v) is 6.61. The molecule has 6 heterocycles. The number of aryl methyl sites for hydroxylation is 1. The topological polar surface area (TPSA) is 106 Å². The van der Waals surface area contributed by atoms with E-state index in [1.54, 1.807) is 15.8 Å². The van der Waals surface area contributed by atoms with Crippen molar-refractivity contribution < 1.29 is 9.53 Å². The zero-order chi connectivity index (χ0) is 30.7. The van der Waals surface area contributed by atoms with Crippen molar-refractivity contribution in [2.24, 2.45) is 7.05 Å². The summed E-state index contributed by atoms with van der Waals surface area (Å²) in [6.07, 6.45) is 9.35. The molecule has 45 heavy (non-hydrogen) atoms. The van der Waals surface area contributed by atoms with E-state index >= 15 is 0 Å². The smallest absolute Gasteiger partial charge is 0.278 e. The number of likely N-dealkylation sites (N-methyl/N-ethyl adjacent to an activating group) is 1. The monoisotopic (exact) mass is 605 g/mol. The van der Waals surface area contributed by atoms with E-state index < -0.39 is 0 Å². The summed E-state index contributed by atoms with van der Waals surface area (Å²) in [4.78, 5) is 42.6. The molecule has 5 aromatic rings. The van der Waals surface area contributed by atoms with Crippen molar-refractivity contribution in [1.29, 1.82) is 0 Å². The van der Waals surface area contributed by atoms with E-state index in [0.29, 0.717) is 47.2 Å². The minimum Gasteiger partial charge on any atom is -0.482 e. The van der Waals surface area contributed by atoms with Gasteiger partial charge in [0.1, 0.15) is 11.1 Å². The summed E-state index contributed by atoms with van der Waals surface area (Å²) in [5.41, 5.74) is 4.88. The minimum absolute atomic E-state index is 0.0205. The summed E-state index contributed by atoms with van der Waals surface area (Å²) in [6, 6.07) is 12.1. The number of fused-ring (bicyclic) bond motifs is 6. The summed E-state index contributed by atoms with van der Waals surface area (Å²) in [5.74, 6) is 0.969. The van der Waals surface area contributed by atoms with Gasteiger partial charge in [-0.2, -0.15) is 4.98 Å². The van der Waals surface area contributed by atoms with Crippen LogP contribution in [0.4, 0.5) is 23.0 Å². The molecule has 0 radical (unpaired) electrons. The van der Waals surface area contributed by atoms with Crippen molar-refractivity contribution in [3.63, 3.8) is 0 Å². The number of amides is 1. The molecule has 2 bridgehead atoms. The first-order valence-electron chi connectivity index (χ1n) is 15.5. The van der Waals surface area contributed by atoms with Crippen LogP contribution in [0.1, 0.15) is 12.8 Å². The Bertz CT molecular complexity index is 2050. The maximum absolute atomic E-state index is 13.7. The Labute approximate surface area is 259 Å². The highest BCUT2D eigenvalue weighted by Crippen LogP contribution is 2.36. The van der Waals surface area contributed by atoms with E-state index in [1.807, 2.05) is 29.0 Å². The Morgan fingerprint density at radius 1 is 0.911 bits per heavy atom. The third-order valence-corrected chi connectivity index (χ3v) is 9.08. The predicted octanol–water partition coefficient (Wildman–Crippen LogP) is 3.64. The highest BCUT2D eigenvalue weighted by atomic mass is 16.5. The van der Waals surface area contributed by atoms with Crippen molar-refractivity contribution in [3.05, 3.63) is 71.3 Å². The van der Waals surface area contributed by atoms with E-state index in [0.717, 1.165) is 50.2 Å². The number of ether oxygens (including phenoxy) is 1. The van der Waals surface area contributed by atoms with Crippen LogP contribution >= 0.6 is 0 Å². The van der Waals surface area contributed by atoms with Gasteiger partial charge < -0.3 is 29.3 Å². The molecule has 3 aromatic heterocycles. The molecule has 1 saturated heterocycles. The van der Waals surface area contributed by atoms with Gasteiger partial charge in [-0.05, 0) is 56.3 Å². The minimum atomic E-state index is -0.178. The summed E-state index contributed by atoms with van der Waals surface area (Å²) >= 11 is 0. The Morgan fingerprint density at radius 3 is 2.64 bits per heavy atom. The van der Waals surface area contributed by atoms with E-state index in [4.69, 9.17) is 9.72 Å². The lowest BCUT2D eigenvalue weighted by atomic mass is 10.1. The predicted molar refractivity (Wildman–Crippen MR) is 175 cm³/mol. The van der Waals surface area contributed by atoms with Gasteiger partial charge in [0.25, 0.3) is 11.5 Å². The number of carbonyl (C=O) groups is 1. The molecule has 3 aliphatic rings.